The number of ketones is 1. The van der Waals surface area contributed by atoms with Gasteiger partial charge in [-0.2, -0.15) is 0 Å². The Bertz CT molecular complexity index is 1210. The number of rotatable bonds is 6. The van der Waals surface area contributed by atoms with E-state index < -0.39 is 17.7 Å². The van der Waals surface area contributed by atoms with Gasteiger partial charge in [-0.15, -0.1) is 0 Å². The topological polar surface area (TPSA) is 60.9 Å². The highest BCUT2D eigenvalue weighted by molar-refractivity contribution is 6.46. The number of carbonyl (C=O) groups is 2. The summed E-state index contributed by atoms with van der Waals surface area (Å²) < 4.78 is 0. The number of likely N-dealkylation sites (tertiary alicyclic amines) is 1. The molecule has 1 fully saturated rings. The van der Waals surface area contributed by atoms with Crippen LogP contribution >= 0.6 is 0 Å². The maximum atomic E-state index is 13.2. The number of amides is 1. The first-order valence-electron chi connectivity index (χ1n) is 10.9. The Morgan fingerprint density at radius 2 is 1.66 bits per heavy atom. The summed E-state index contributed by atoms with van der Waals surface area (Å²) in [5, 5.41) is 13.3. The van der Waals surface area contributed by atoms with Gasteiger partial charge in [-0.3, -0.25) is 9.59 Å². The molecule has 0 aromatic heterocycles. The molecule has 1 unspecified atom stereocenters. The molecule has 3 aromatic rings. The van der Waals surface area contributed by atoms with Crippen LogP contribution in [0.3, 0.4) is 0 Å². The second-order valence-corrected chi connectivity index (χ2v) is 8.57. The molecule has 1 aliphatic rings. The zero-order valence-corrected chi connectivity index (χ0v) is 18.7. The molecule has 32 heavy (non-hydrogen) atoms. The van der Waals surface area contributed by atoms with E-state index in [1.807, 2.05) is 81.7 Å². The van der Waals surface area contributed by atoms with Crippen LogP contribution in [0.1, 0.15) is 29.2 Å². The molecule has 1 aliphatic heterocycles. The van der Waals surface area contributed by atoms with E-state index in [4.69, 9.17) is 0 Å². The Balaban J connectivity index is 1.84. The van der Waals surface area contributed by atoms with Crippen LogP contribution < -0.4 is 0 Å². The predicted molar refractivity (Wildman–Crippen MR) is 127 cm³/mol. The number of hydrogen-bond acceptors (Lipinski definition) is 4. The first kappa shape index (κ1) is 21.8. The van der Waals surface area contributed by atoms with Crippen molar-refractivity contribution in [2.24, 2.45) is 0 Å². The molecule has 1 heterocycles. The summed E-state index contributed by atoms with van der Waals surface area (Å²) in [4.78, 5) is 29.9. The average Bonchev–Trinajstić information content (AvgIpc) is 3.03. The number of nitrogens with zero attached hydrogens (tertiary/aromatic N) is 2. The third-order valence-electron chi connectivity index (χ3n) is 6.05. The smallest absolute Gasteiger partial charge is 0.295 e. The van der Waals surface area contributed by atoms with E-state index in [2.05, 4.69) is 4.90 Å². The summed E-state index contributed by atoms with van der Waals surface area (Å²) in [6, 6.07) is 20.5. The van der Waals surface area contributed by atoms with Crippen molar-refractivity contribution in [3.63, 3.8) is 0 Å². The molecule has 0 spiro atoms. The highest BCUT2D eigenvalue weighted by atomic mass is 16.3. The molecular formula is C27H28N2O3. The van der Waals surface area contributed by atoms with Gasteiger partial charge in [0.1, 0.15) is 5.76 Å². The van der Waals surface area contributed by atoms with Gasteiger partial charge in [0.05, 0.1) is 11.6 Å². The van der Waals surface area contributed by atoms with Gasteiger partial charge in [-0.05, 0) is 62.0 Å². The maximum Gasteiger partial charge on any atom is 0.295 e. The van der Waals surface area contributed by atoms with E-state index in [1.165, 1.54) is 0 Å². The lowest BCUT2D eigenvalue weighted by molar-refractivity contribution is -0.139. The number of carbonyl (C=O) groups excluding carboxylic acids is 2. The fraction of sp³-hybridized carbons (Fsp3) is 0.259. The number of aliphatic hydroxyl groups excluding tert-OH is 1. The summed E-state index contributed by atoms with van der Waals surface area (Å²) >= 11 is 0. The van der Waals surface area contributed by atoms with Gasteiger partial charge in [0.2, 0.25) is 0 Å². The van der Waals surface area contributed by atoms with Crippen molar-refractivity contribution in [3.05, 3.63) is 89.0 Å². The van der Waals surface area contributed by atoms with E-state index >= 15 is 0 Å². The van der Waals surface area contributed by atoms with Crippen molar-refractivity contribution in [2.45, 2.75) is 19.4 Å². The third kappa shape index (κ3) is 4.04. The number of fused-ring (bicyclic) bond motifs is 1. The molecule has 1 saturated heterocycles. The molecule has 1 atom stereocenters. The first-order chi connectivity index (χ1) is 15.4. The van der Waals surface area contributed by atoms with Crippen molar-refractivity contribution in [1.82, 2.24) is 9.80 Å². The zero-order valence-electron chi connectivity index (χ0n) is 18.7. The van der Waals surface area contributed by atoms with Gasteiger partial charge in [0, 0.05) is 12.1 Å². The number of aryl methyl sites for hydroxylation is 1. The van der Waals surface area contributed by atoms with Gasteiger partial charge in [-0.1, -0.05) is 60.7 Å². The van der Waals surface area contributed by atoms with Crippen molar-refractivity contribution in [1.29, 1.82) is 0 Å². The second-order valence-electron chi connectivity index (χ2n) is 8.57. The molecule has 0 aliphatic carbocycles. The molecule has 0 radical (unpaired) electrons. The van der Waals surface area contributed by atoms with Crippen LogP contribution in [0.2, 0.25) is 0 Å². The minimum absolute atomic E-state index is 0.127. The molecule has 1 amide bonds. The number of hydrogen-bond donors (Lipinski definition) is 1. The average molecular weight is 429 g/mol. The quantitative estimate of drug-likeness (QED) is 0.356. The number of Topliss-reactive ketones (excluding diaryl/α,β-unsaturated/α-hetero) is 1. The lowest BCUT2D eigenvalue weighted by atomic mass is 9.92. The Morgan fingerprint density at radius 3 is 2.38 bits per heavy atom. The highest BCUT2D eigenvalue weighted by Crippen LogP contribution is 2.40. The molecule has 0 bridgehead atoms. The molecule has 164 valence electrons. The Morgan fingerprint density at radius 1 is 0.969 bits per heavy atom. The minimum Gasteiger partial charge on any atom is -0.507 e. The monoisotopic (exact) mass is 428 g/mol. The summed E-state index contributed by atoms with van der Waals surface area (Å²) in [7, 11) is 3.96. The molecule has 5 nitrogen and oxygen atoms in total. The predicted octanol–water partition coefficient (Wildman–Crippen LogP) is 4.52. The van der Waals surface area contributed by atoms with Crippen LogP contribution in [0.4, 0.5) is 0 Å². The molecule has 4 rings (SSSR count). The summed E-state index contributed by atoms with van der Waals surface area (Å²) in [6.07, 6.45) is 0.735. The lowest BCUT2D eigenvalue weighted by Crippen LogP contribution is -2.32. The van der Waals surface area contributed by atoms with Gasteiger partial charge in [-0.25, -0.2) is 0 Å². The molecule has 0 saturated carbocycles. The fourth-order valence-corrected chi connectivity index (χ4v) is 4.38. The summed E-state index contributed by atoms with van der Waals surface area (Å²) in [6.45, 7) is 3.20. The number of aliphatic hydroxyl groups is 1. The third-order valence-corrected chi connectivity index (χ3v) is 6.05. The van der Waals surface area contributed by atoms with E-state index in [0.717, 1.165) is 34.9 Å². The Labute approximate surface area is 188 Å². The SMILES string of the molecule is Cc1ccccc1C1/C(=C(\O)c2ccc3ccccc3c2)C(=O)C(=O)N1CCCN(C)C. The van der Waals surface area contributed by atoms with E-state index in [9.17, 15) is 14.7 Å². The van der Waals surface area contributed by atoms with Crippen molar-refractivity contribution >= 4 is 28.2 Å². The second kappa shape index (κ2) is 8.97. The van der Waals surface area contributed by atoms with E-state index in [-0.39, 0.29) is 11.3 Å². The largest absolute Gasteiger partial charge is 0.507 e. The molecule has 1 N–H and O–H groups in total. The van der Waals surface area contributed by atoms with Crippen LogP contribution in [0.25, 0.3) is 16.5 Å². The number of benzene rings is 3. The normalized spacial score (nSPS) is 18.1. The Hall–Kier alpha value is -3.44. The van der Waals surface area contributed by atoms with E-state index in [1.54, 1.807) is 11.0 Å². The Kier molecular flexibility index (Phi) is 6.10. The van der Waals surface area contributed by atoms with Crippen LogP contribution in [0.15, 0.2) is 72.3 Å². The molecule has 3 aromatic carbocycles. The van der Waals surface area contributed by atoms with Crippen LogP contribution in [0, 0.1) is 6.92 Å². The highest BCUT2D eigenvalue weighted by Gasteiger charge is 2.46. The van der Waals surface area contributed by atoms with Crippen molar-refractivity contribution < 1.29 is 14.7 Å². The van der Waals surface area contributed by atoms with Crippen LogP contribution in [-0.4, -0.2) is 53.8 Å². The fourth-order valence-electron chi connectivity index (χ4n) is 4.38. The van der Waals surface area contributed by atoms with Gasteiger partial charge < -0.3 is 14.9 Å². The van der Waals surface area contributed by atoms with E-state index in [0.29, 0.717) is 12.1 Å². The molecule has 5 heteroatoms. The first-order valence-corrected chi connectivity index (χ1v) is 10.9. The summed E-state index contributed by atoms with van der Waals surface area (Å²) in [5.74, 6) is -1.31. The standard InChI is InChI=1S/C27H28N2O3/c1-18-9-4-7-12-22(18)24-23(26(31)27(32)29(24)16-8-15-28(2)3)25(30)21-14-13-19-10-5-6-11-20(19)17-21/h4-7,9-14,17,24,30H,8,15-16H2,1-3H3/b25-23+. The minimum atomic E-state index is -0.631. The van der Waals surface area contributed by atoms with Crippen molar-refractivity contribution in [3.8, 4) is 0 Å². The maximum absolute atomic E-state index is 13.2. The van der Waals surface area contributed by atoms with Crippen molar-refractivity contribution in [2.75, 3.05) is 27.2 Å². The van der Waals surface area contributed by atoms with Gasteiger partial charge in [0.15, 0.2) is 0 Å². The lowest BCUT2D eigenvalue weighted by Gasteiger charge is -2.27. The van der Waals surface area contributed by atoms with Gasteiger partial charge in [0.25, 0.3) is 11.7 Å². The van der Waals surface area contributed by atoms with Crippen LogP contribution in [-0.2, 0) is 9.59 Å². The zero-order chi connectivity index (χ0) is 22.8. The molecular weight excluding hydrogens is 400 g/mol. The van der Waals surface area contributed by atoms with Crippen LogP contribution in [0.5, 0.6) is 0 Å². The summed E-state index contributed by atoms with van der Waals surface area (Å²) in [5.41, 5.74) is 2.53. The van der Waals surface area contributed by atoms with Gasteiger partial charge >= 0.3 is 0 Å².